The summed E-state index contributed by atoms with van der Waals surface area (Å²) >= 11 is 0. The molecular formula is C16H30N2O3. The third kappa shape index (κ3) is 7.83. The summed E-state index contributed by atoms with van der Waals surface area (Å²) in [6, 6.07) is -0.595. The zero-order chi connectivity index (χ0) is 16.6. The van der Waals surface area contributed by atoms with Gasteiger partial charge >= 0.3 is 0 Å². The van der Waals surface area contributed by atoms with Crippen LogP contribution in [-0.2, 0) is 14.4 Å². The molecule has 0 aliphatic heterocycles. The van der Waals surface area contributed by atoms with Crippen LogP contribution in [0.5, 0.6) is 0 Å². The van der Waals surface area contributed by atoms with Crippen LogP contribution in [0, 0.1) is 11.3 Å². The molecule has 0 aliphatic rings. The van der Waals surface area contributed by atoms with Gasteiger partial charge in [0.15, 0.2) is 5.78 Å². The van der Waals surface area contributed by atoms with E-state index in [1.54, 1.807) is 0 Å². The fourth-order valence-corrected chi connectivity index (χ4v) is 1.66. The van der Waals surface area contributed by atoms with Crippen LogP contribution in [0.2, 0.25) is 0 Å². The Labute approximate surface area is 128 Å². The molecule has 5 heteroatoms. The molecule has 0 radical (unpaired) electrons. The lowest BCUT2D eigenvalue weighted by Crippen LogP contribution is -2.51. The van der Waals surface area contributed by atoms with Crippen molar-refractivity contribution < 1.29 is 14.4 Å². The van der Waals surface area contributed by atoms with Crippen molar-refractivity contribution in [1.29, 1.82) is 0 Å². The van der Waals surface area contributed by atoms with Gasteiger partial charge in [0.2, 0.25) is 11.8 Å². The average molecular weight is 298 g/mol. The van der Waals surface area contributed by atoms with E-state index in [1.807, 2.05) is 41.5 Å². The molecule has 122 valence electrons. The monoisotopic (exact) mass is 298 g/mol. The Morgan fingerprint density at radius 1 is 1.10 bits per heavy atom. The Hall–Kier alpha value is -1.39. The van der Waals surface area contributed by atoms with Crippen LogP contribution in [0.15, 0.2) is 0 Å². The van der Waals surface area contributed by atoms with Crippen molar-refractivity contribution in [2.75, 3.05) is 6.54 Å². The smallest absolute Gasteiger partial charge is 0.243 e. The highest BCUT2D eigenvalue weighted by Crippen LogP contribution is 2.13. The van der Waals surface area contributed by atoms with Crippen molar-refractivity contribution in [1.82, 2.24) is 10.6 Å². The molecule has 0 aliphatic carbocycles. The first-order valence-corrected chi connectivity index (χ1v) is 7.70. The molecule has 0 saturated heterocycles. The molecular weight excluding hydrogens is 268 g/mol. The fraction of sp³-hybridized carbons (Fsp3) is 0.812. The normalized spacial score (nSPS) is 12.9. The minimum absolute atomic E-state index is 0.00359. The summed E-state index contributed by atoms with van der Waals surface area (Å²) in [6.07, 6.45) is 2.17. The number of carbonyl (C=O) groups is 3. The Balaban J connectivity index is 4.50. The van der Waals surface area contributed by atoms with Gasteiger partial charge in [-0.05, 0) is 12.3 Å². The van der Waals surface area contributed by atoms with Crippen molar-refractivity contribution in [3.63, 3.8) is 0 Å². The van der Waals surface area contributed by atoms with Crippen molar-refractivity contribution in [2.45, 2.75) is 66.8 Å². The van der Waals surface area contributed by atoms with Gasteiger partial charge < -0.3 is 10.6 Å². The minimum Gasteiger partial charge on any atom is -0.347 e. The van der Waals surface area contributed by atoms with Crippen molar-refractivity contribution in [2.24, 2.45) is 11.3 Å². The van der Waals surface area contributed by atoms with E-state index in [4.69, 9.17) is 0 Å². The molecule has 2 amide bonds. The second-order valence-electron chi connectivity index (χ2n) is 6.78. The van der Waals surface area contributed by atoms with E-state index in [0.717, 1.165) is 12.8 Å². The van der Waals surface area contributed by atoms with Gasteiger partial charge in [-0.2, -0.15) is 0 Å². The van der Waals surface area contributed by atoms with E-state index in [2.05, 4.69) is 10.6 Å². The average Bonchev–Trinajstić information content (AvgIpc) is 2.37. The molecule has 0 saturated carbocycles. The van der Waals surface area contributed by atoms with Crippen LogP contribution in [0.25, 0.3) is 0 Å². The third-order valence-corrected chi connectivity index (χ3v) is 3.28. The first kappa shape index (κ1) is 19.6. The van der Waals surface area contributed by atoms with E-state index < -0.39 is 11.5 Å². The molecule has 2 N–H and O–H groups in total. The van der Waals surface area contributed by atoms with Crippen molar-refractivity contribution >= 4 is 17.6 Å². The Kier molecular flexibility index (Phi) is 8.22. The van der Waals surface area contributed by atoms with E-state index in [-0.39, 0.29) is 30.1 Å². The maximum atomic E-state index is 12.1. The Morgan fingerprint density at radius 3 is 2.10 bits per heavy atom. The van der Waals surface area contributed by atoms with E-state index in [0.29, 0.717) is 6.42 Å². The van der Waals surface area contributed by atoms with Gasteiger partial charge in [-0.25, -0.2) is 0 Å². The largest absolute Gasteiger partial charge is 0.347 e. The summed E-state index contributed by atoms with van der Waals surface area (Å²) < 4.78 is 0. The number of amides is 2. The van der Waals surface area contributed by atoms with E-state index in [9.17, 15) is 14.4 Å². The topological polar surface area (TPSA) is 75.3 Å². The highest BCUT2D eigenvalue weighted by molar-refractivity contribution is 5.92. The highest BCUT2D eigenvalue weighted by atomic mass is 16.2. The molecule has 5 nitrogen and oxygen atoms in total. The number of carbonyl (C=O) groups excluding carboxylic acids is 3. The zero-order valence-corrected chi connectivity index (χ0v) is 14.2. The highest BCUT2D eigenvalue weighted by Gasteiger charge is 2.26. The molecule has 1 unspecified atom stereocenters. The SMILES string of the molecule is CCCCC(=O)NC(C(=O)NCC(=O)C(C)(C)C)C(C)C. The summed E-state index contributed by atoms with van der Waals surface area (Å²) in [5.41, 5.74) is -0.481. The molecule has 0 aromatic rings. The number of Topliss-reactive ketones (excluding diaryl/α,β-unsaturated/α-hetero) is 1. The minimum atomic E-state index is -0.595. The van der Waals surface area contributed by atoms with Gasteiger partial charge in [0.1, 0.15) is 6.04 Å². The molecule has 0 fully saturated rings. The molecule has 0 bridgehead atoms. The van der Waals surface area contributed by atoms with Crippen LogP contribution in [0.1, 0.15) is 60.8 Å². The fourth-order valence-electron chi connectivity index (χ4n) is 1.66. The Morgan fingerprint density at radius 2 is 1.67 bits per heavy atom. The van der Waals surface area contributed by atoms with Crippen LogP contribution < -0.4 is 10.6 Å². The predicted molar refractivity (Wildman–Crippen MR) is 83.8 cm³/mol. The standard InChI is InChI=1S/C16H30N2O3/c1-7-8-9-13(20)18-14(11(2)3)15(21)17-10-12(19)16(4,5)6/h11,14H,7-10H2,1-6H3,(H,17,21)(H,18,20). The lowest BCUT2D eigenvalue weighted by molar-refractivity contribution is -0.132. The number of hydrogen-bond donors (Lipinski definition) is 2. The lowest BCUT2D eigenvalue weighted by atomic mass is 9.91. The second-order valence-corrected chi connectivity index (χ2v) is 6.78. The van der Waals surface area contributed by atoms with Crippen molar-refractivity contribution in [3.8, 4) is 0 Å². The summed E-state index contributed by atoms with van der Waals surface area (Å²) in [7, 11) is 0. The van der Waals surface area contributed by atoms with E-state index in [1.165, 1.54) is 0 Å². The number of hydrogen-bond acceptors (Lipinski definition) is 3. The molecule has 1 atom stereocenters. The number of ketones is 1. The molecule has 0 spiro atoms. The number of rotatable bonds is 8. The quantitative estimate of drug-likeness (QED) is 0.720. The van der Waals surface area contributed by atoms with Gasteiger partial charge in [-0.15, -0.1) is 0 Å². The predicted octanol–water partition coefficient (Wildman–Crippen LogP) is 2.05. The summed E-state index contributed by atoms with van der Waals surface area (Å²) in [4.78, 5) is 35.7. The Bertz CT molecular complexity index is 370. The second kappa shape index (κ2) is 8.80. The van der Waals surface area contributed by atoms with Crippen molar-refractivity contribution in [3.05, 3.63) is 0 Å². The first-order chi connectivity index (χ1) is 9.59. The van der Waals surface area contributed by atoms with E-state index >= 15 is 0 Å². The molecule has 0 rings (SSSR count). The van der Waals surface area contributed by atoms with Crippen LogP contribution in [0.3, 0.4) is 0 Å². The maximum Gasteiger partial charge on any atom is 0.243 e. The summed E-state index contributed by atoms with van der Waals surface area (Å²) in [5, 5.41) is 5.38. The zero-order valence-electron chi connectivity index (χ0n) is 14.2. The molecule has 21 heavy (non-hydrogen) atoms. The maximum absolute atomic E-state index is 12.1. The lowest BCUT2D eigenvalue weighted by Gasteiger charge is -2.23. The van der Waals surface area contributed by atoms with Crippen LogP contribution in [0.4, 0.5) is 0 Å². The van der Waals surface area contributed by atoms with Crippen LogP contribution in [-0.4, -0.2) is 30.2 Å². The molecule has 0 aromatic heterocycles. The number of unbranched alkanes of at least 4 members (excludes halogenated alkanes) is 1. The summed E-state index contributed by atoms with van der Waals surface area (Å²) in [5.74, 6) is -0.476. The summed E-state index contributed by atoms with van der Waals surface area (Å²) in [6.45, 7) is 11.2. The van der Waals surface area contributed by atoms with Gasteiger partial charge in [0, 0.05) is 11.8 Å². The van der Waals surface area contributed by atoms with Gasteiger partial charge in [-0.3, -0.25) is 14.4 Å². The molecule has 0 aromatic carbocycles. The first-order valence-electron chi connectivity index (χ1n) is 7.70. The van der Waals surface area contributed by atoms with Gasteiger partial charge in [0.05, 0.1) is 6.54 Å². The third-order valence-electron chi connectivity index (χ3n) is 3.28. The number of nitrogens with one attached hydrogen (secondary N) is 2. The van der Waals surface area contributed by atoms with Gasteiger partial charge in [0.25, 0.3) is 0 Å². The van der Waals surface area contributed by atoms with Crippen LogP contribution >= 0.6 is 0 Å². The van der Waals surface area contributed by atoms with Gasteiger partial charge in [-0.1, -0.05) is 48.0 Å². The molecule has 0 heterocycles.